The number of benzene rings is 1. The Bertz CT molecular complexity index is 791. The van der Waals surface area contributed by atoms with Gasteiger partial charge in [0.1, 0.15) is 0 Å². The van der Waals surface area contributed by atoms with Crippen LogP contribution in [0.4, 0.5) is 5.69 Å². The van der Waals surface area contributed by atoms with Crippen LogP contribution in [0.2, 0.25) is 5.02 Å². The summed E-state index contributed by atoms with van der Waals surface area (Å²) < 4.78 is 1.42. The van der Waals surface area contributed by atoms with Crippen molar-refractivity contribution in [2.24, 2.45) is 0 Å². The molecule has 1 aliphatic rings. The molecule has 1 N–H and O–H groups in total. The molecule has 3 rings (SSSR count). The molecular formula is C15H13ClN4O. The molecule has 2 heterocycles. The van der Waals surface area contributed by atoms with Gasteiger partial charge in [-0.3, -0.25) is 4.79 Å². The number of aryl methyl sites for hydroxylation is 1. The van der Waals surface area contributed by atoms with E-state index in [9.17, 15) is 4.79 Å². The summed E-state index contributed by atoms with van der Waals surface area (Å²) in [6.45, 7) is 1.18. The summed E-state index contributed by atoms with van der Waals surface area (Å²) in [5.74, 6) is 0. The standard InChI is InChI=1S/C15H13ClN4O/c16-12-6-10(8-17)3-4-11(12)9-20-15(21)7-14-13(19-20)2-1-5-18-14/h3-4,6-7,18H,1-2,5,9H2. The van der Waals surface area contributed by atoms with E-state index in [0.29, 0.717) is 17.1 Å². The third kappa shape index (κ3) is 2.76. The molecule has 1 aromatic heterocycles. The summed E-state index contributed by atoms with van der Waals surface area (Å²) in [5.41, 5.74) is 2.84. The van der Waals surface area contributed by atoms with Gasteiger partial charge in [0.25, 0.3) is 5.56 Å². The van der Waals surface area contributed by atoms with Crippen LogP contribution in [0.15, 0.2) is 29.1 Å². The molecule has 0 amide bonds. The second-order valence-corrected chi connectivity index (χ2v) is 5.36. The van der Waals surface area contributed by atoms with Gasteiger partial charge < -0.3 is 5.32 Å². The van der Waals surface area contributed by atoms with Crippen molar-refractivity contribution in [2.45, 2.75) is 19.4 Å². The van der Waals surface area contributed by atoms with E-state index in [-0.39, 0.29) is 5.56 Å². The van der Waals surface area contributed by atoms with Crippen molar-refractivity contribution in [3.63, 3.8) is 0 Å². The molecule has 1 aliphatic heterocycles. The van der Waals surface area contributed by atoms with Crippen molar-refractivity contribution in [3.8, 4) is 6.07 Å². The SMILES string of the molecule is N#Cc1ccc(Cn2nc3c(cc2=O)NCCC3)c(Cl)c1. The Balaban J connectivity index is 1.95. The van der Waals surface area contributed by atoms with E-state index in [4.69, 9.17) is 16.9 Å². The van der Waals surface area contributed by atoms with Crippen molar-refractivity contribution < 1.29 is 0 Å². The minimum absolute atomic E-state index is 0.163. The summed E-state index contributed by atoms with van der Waals surface area (Å²) in [4.78, 5) is 12.1. The van der Waals surface area contributed by atoms with Crippen LogP contribution in [-0.2, 0) is 13.0 Å². The molecule has 2 aromatic rings. The van der Waals surface area contributed by atoms with Crippen molar-refractivity contribution >= 4 is 17.3 Å². The predicted molar refractivity (Wildman–Crippen MR) is 80.6 cm³/mol. The Labute approximate surface area is 126 Å². The molecule has 6 heteroatoms. The Morgan fingerprint density at radius 1 is 1.43 bits per heavy atom. The van der Waals surface area contributed by atoms with Crippen LogP contribution in [0.5, 0.6) is 0 Å². The normalized spacial score (nSPS) is 13.1. The smallest absolute Gasteiger partial charge is 0.269 e. The number of fused-ring (bicyclic) bond motifs is 1. The molecule has 0 fully saturated rings. The number of aromatic nitrogens is 2. The van der Waals surface area contributed by atoms with E-state index in [0.717, 1.165) is 36.3 Å². The summed E-state index contributed by atoms with van der Waals surface area (Å²) in [6, 6.07) is 8.66. The van der Waals surface area contributed by atoms with Gasteiger partial charge in [-0.15, -0.1) is 0 Å². The first kappa shape index (κ1) is 13.7. The fourth-order valence-electron chi connectivity index (χ4n) is 2.37. The lowest BCUT2D eigenvalue weighted by Crippen LogP contribution is -2.27. The van der Waals surface area contributed by atoms with Crippen molar-refractivity contribution in [2.75, 3.05) is 11.9 Å². The van der Waals surface area contributed by atoms with E-state index in [1.54, 1.807) is 24.3 Å². The van der Waals surface area contributed by atoms with Gasteiger partial charge in [-0.25, -0.2) is 4.68 Å². The number of nitriles is 1. The first-order chi connectivity index (χ1) is 10.2. The predicted octanol–water partition coefficient (Wildman–Crippen LogP) is 2.17. The summed E-state index contributed by atoms with van der Waals surface area (Å²) >= 11 is 6.15. The summed E-state index contributed by atoms with van der Waals surface area (Å²) in [6.07, 6.45) is 1.87. The quantitative estimate of drug-likeness (QED) is 0.923. The maximum atomic E-state index is 12.1. The zero-order chi connectivity index (χ0) is 14.8. The highest BCUT2D eigenvalue weighted by Crippen LogP contribution is 2.20. The lowest BCUT2D eigenvalue weighted by molar-refractivity contribution is 0.608. The topological polar surface area (TPSA) is 70.7 Å². The van der Waals surface area contributed by atoms with Crippen LogP contribution in [0, 0.1) is 11.3 Å². The maximum absolute atomic E-state index is 12.1. The molecule has 0 saturated carbocycles. The summed E-state index contributed by atoms with van der Waals surface area (Å²) in [7, 11) is 0. The molecule has 1 aromatic carbocycles. The van der Waals surface area contributed by atoms with Crippen LogP contribution in [0.25, 0.3) is 0 Å². The zero-order valence-corrected chi connectivity index (χ0v) is 12.0. The van der Waals surface area contributed by atoms with Gasteiger partial charge in [-0.05, 0) is 30.5 Å². The maximum Gasteiger partial charge on any atom is 0.269 e. The van der Waals surface area contributed by atoms with Gasteiger partial charge in [0.15, 0.2) is 0 Å². The number of anilines is 1. The van der Waals surface area contributed by atoms with Gasteiger partial charge in [-0.2, -0.15) is 10.4 Å². The highest BCUT2D eigenvalue weighted by molar-refractivity contribution is 6.31. The van der Waals surface area contributed by atoms with E-state index in [1.165, 1.54) is 4.68 Å². The van der Waals surface area contributed by atoms with Crippen LogP contribution in [0.3, 0.4) is 0 Å². The first-order valence-corrected chi connectivity index (χ1v) is 7.08. The lowest BCUT2D eigenvalue weighted by atomic mass is 10.1. The highest BCUT2D eigenvalue weighted by atomic mass is 35.5. The monoisotopic (exact) mass is 300 g/mol. The van der Waals surface area contributed by atoms with Crippen molar-refractivity contribution in [1.82, 2.24) is 9.78 Å². The molecule has 0 aliphatic carbocycles. The average Bonchev–Trinajstić information content (AvgIpc) is 2.49. The fourth-order valence-corrected chi connectivity index (χ4v) is 2.61. The molecule has 0 unspecified atom stereocenters. The number of nitrogens with zero attached hydrogens (tertiary/aromatic N) is 3. The molecule has 0 radical (unpaired) electrons. The minimum Gasteiger partial charge on any atom is -0.383 e. The van der Waals surface area contributed by atoms with Gasteiger partial charge in [-0.1, -0.05) is 17.7 Å². The fraction of sp³-hybridized carbons (Fsp3) is 0.267. The zero-order valence-electron chi connectivity index (χ0n) is 11.3. The summed E-state index contributed by atoms with van der Waals surface area (Å²) in [5, 5.41) is 16.9. The van der Waals surface area contributed by atoms with Crippen LogP contribution >= 0.6 is 11.6 Å². The largest absolute Gasteiger partial charge is 0.383 e. The van der Waals surface area contributed by atoms with E-state index >= 15 is 0 Å². The highest BCUT2D eigenvalue weighted by Gasteiger charge is 2.13. The Morgan fingerprint density at radius 3 is 3.05 bits per heavy atom. The second kappa shape index (κ2) is 5.58. The third-order valence-electron chi connectivity index (χ3n) is 3.48. The first-order valence-electron chi connectivity index (χ1n) is 6.71. The lowest BCUT2D eigenvalue weighted by Gasteiger charge is -2.18. The Hall–Kier alpha value is -2.32. The van der Waals surface area contributed by atoms with E-state index < -0.39 is 0 Å². The van der Waals surface area contributed by atoms with E-state index in [2.05, 4.69) is 10.4 Å². The third-order valence-corrected chi connectivity index (χ3v) is 3.83. The number of nitrogens with one attached hydrogen (secondary N) is 1. The molecule has 0 atom stereocenters. The average molecular weight is 301 g/mol. The second-order valence-electron chi connectivity index (χ2n) is 4.95. The van der Waals surface area contributed by atoms with Crippen molar-refractivity contribution in [1.29, 1.82) is 5.26 Å². The molecule has 106 valence electrons. The molecule has 0 bridgehead atoms. The van der Waals surface area contributed by atoms with Crippen LogP contribution < -0.4 is 10.9 Å². The number of halogens is 1. The van der Waals surface area contributed by atoms with Gasteiger partial charge in [0.2, 0.25) is 0 Å². The molecule has 5 nitrogen and oxygen atoms in total. The molecule has 0 saturated heterocycles. The number of hydrogen-bond donors (Lipinski definition) is 1. The Kier molecular flexibility index (Phi) is 3.63. The molecule has 0 spiro atoms. The van der Waals surface area contributed by atoms with Crippen LogP contribution in [-0.4, -0.2) is 16.3 Å². The number of hydrogen-bond acceptors (Lipinski definition) is 4. The van der Waals surface area contributed by atoms with E-state index in [1.807, 2.05) is 6.07 Å². The number of rotatable bonds is 2. The molecular weight excluding hydrogens is 288 g/mol. The van der Waals surface area contributed by atoms with Gasteiger partial charge in [0.05, 0.1) is 29.6 Å². The van der Waals surface area contributed by atoms with Crippen LogP contribution in [0.1, 0.15) is 23.2 Å². The minimum atomic E-state index is -0.163. The Morgan fingerprint density at radius 2 is 2.29 bits per heavy atom. The van der Waals surface area contributed by atoms with Crippen molar-refractivity contribution in [3.05, 3.63) is 56.5 Å². The van der Waals surface area contributed by atoms with Gasteiger partial charge in [0, 0.05) is 17.6 Å². The van der Waals surface area contributed by atoms with Gasteiger partial charge >= 0.3 is 0 Å². The molecule has 21 heavy (non-hydrogen) atoms.